The summed E-state index contributed by atoms with van der Waals surface area (Å²) in [5.74, 6) is -1.14. The second kappa shape index (κ2) is 15.0. The highest BCUT2D eigenvalue weighted by Crippen LogP contribution is 2.33. The Labute approximate surface area is 274 Å². The molecule has 0 saturated heterocycles. The lowest BCUT2D eigenvalue weighted by atomic mass is 10.0. The molecule has 6 rings (SSSR count). The number of ether oxygens (including phenoxy) is 2. The standard InChI is InChI=1S/C38H40N2O7/c41-30-19-26-15-7-9-17-28(26)34(30)39-37(44)33(46-22-24-11-3-1-4-12-24)21-32(43)36(47-23-25-13-5-2-6-14-25)38(45)40-35-29-18-10-8-16-27(29)20-31(35)42/h1-18,30-36,41-43H,19-23H2,(H,39,44)(H,40,45)/t30-,31-,32-,33-,34+,35+,36-/m1/s1. The van der Waals surface area contributed by atoms with Gasteiger partial charge in [-0.1, -0.05) is 109 Å². The predicted molar refractivity (Wildman–Crippen MR) is 175 cm³/mol. The molecule has 2 aliphatic rings. The van der Waals surface area contributed by atoms with Gasteiger partial charge in [-0.05, 0) is 33.4 Å². The number of amides is 2. The maximum Gasteiger partial charge on any atom is 0.252 e. The lowest BCUT2D eigenvalue weighted by Crippen LogP contribution is -2.49. The summed E-state index contributed by atoms with van der Waals surface area (Å²) >= 11 is 0. The molecule has 0 spiro atoms. The predicted octanol–water partition coefficient (Wildman–Crippen LogP) is 3.46. The maximum absolute atomic E-state index is 13.8. The van der Waals surface area contributed by atoms with Crippen molar-refractivity contribution in [2.45, 2.75) is 75.1 Å². The number of aliphatic hydroxyl groups is 3. The fraction of sp³-hybridized carbons (Fsp3) is 0.316. The van der Waals surface area contributed by atoms with E-state index in [0.717, 1.165) is 33.4 Å². The molecule has 0 unspecified atom stereocenters. The zero-order chi connectivity index (χ0) is 32.8. The van der Waals surface area contributed by atoms with Crippen LogP contribution in [0.25, 0.3) is 0 Å². The van der Waals surface area contributed by atoms with Crippen LogP contribution in [0.5, 0.6) is 0 Å². The van der Waals surface area contributed by atoms with Crippen molar-refractivity contribution in [1.29, 1.82) is 0 Å². The third-order valence-electron chi connectivity index (χ3n) is 8.93. The minimum absolute atomic E-state index is 0.0343. The van der Waals surface area contributed by atoms with E-state index >= 15 is 0 Å². The Kier molecular flexibility index (Phi) is 10.4. The first-order chi connectivity index (χ1) is 22.9. The van der Waals surface area contributed by atoms with Crippen LogP contribution < -0.4 is 10.6 Å². The molecule has 0 aromatic heterocycles. The average molecular weight is 637 g/mol. The van der Waals surface area contributed by atoms with Crippen molar-refractivity contribution in [2.75, 3.05) is 0 Å². The van der Waals surface area contributed by atoms with Crippen molar-refractivity contribution in [3.63, 3.8) is 0 Å². The van der Waals surface area contributed by atoms with Crippen LogP contribution in [-0.2, 0) is 45.1 Å². The SMILES string of the molecule is O=C(N[C@H]1c2ccccc2C[C@H]1O)[C@@H](C[C@@H](O)[C@@H](OCc1ccccc1)C(=O)N[C@H]1c2ccccc2C[C@H]1O)OCc1ccccc1. The summed E-state index contributed by atoms with van der Waals surface area (Å²) in [5.41, 5.74) is 5.16. The number of benzene rings is 4. The molecule has 0 fully saturated rings. The normalized spacial score (nSPS) is 21.7. The lowest BCUT2D eigenvalue weighted by molar-refractivity contribution is -0.150. The van der Waals surface area contributed by atoms with Gasteiger partial charge in [0, 0.05) is 19.3 Å². The fourth-order valence-electron chi connectivity index (χ4n) is 6.46. The van der Waals surface area contributed by atoms with E-state index in [4.69, 9.17) is 9.47 Å². The van der Waals surface area contributed by atoms with Crippen molar-refractivity contribution < 1.29 is 34.4 Å². The third kappa shape index (κ3) is 7.78. The van der Waals surface area contributed by atoms with Gasteiger partial charge in [-0.25, -0.2) is 0 Å². The molecule has 4 aromatic rings. The Morgan fingerprint density at radius 3 is 1.62 bits per heavy atom. The molecular formula is C38H40N2O7. The van der Waals surface area contributed by atoms with Gasteiger partial charge in [-0.3, -0.25) is 9.59 Å². The van der Waals surface area contributed by atoms with E-state index in [-0.39, 0.29) is 19.6 Å². The summed E-state index contributed by atoms with van der Waals surface area (Å²) in [6.45, 7) is 0.120. The van der Waals surface area contributed by atoms with Crippen molar-refractivity contribution in [1.82, 2.24) is 10.6 Å². The first-order valence-corrected chi connectivity index (χ1v) is 16.0. The van der Waals surface area contributed by atoms with Crippen molar-refractivity contribution in [3.05, 3.63) is 143 Å². The molecular weight excluding hydrogens is 596 g/mol. The molecule has 2 aliphatic carbocycles. The van der Waals surface area contributed by atoms with E-state index in [1.807, 2.05) is 109 Å². The zero-order valence-corrected chi connectivity index (χ0v) is 25.9. The Morgan fingerprint density at radius 1 is 0.638 bits per heavy atom. The Balaban J connectivity index is 1.22. The Hall–Kier alpha value is -4.38. The summed E-state index contributed by atoms with van der Waals surface area (Å²) in [6.07, 6.45) is -5.14. The van der Waals surface area contributed by atoms with E-state index in [0.29, 0.717) is 12.8 Å². The van der Waals surface area contributed by atoms with Gasteiger partial charge in [0.05, 0.1) is 43.6 Å². The van der Waals surface area contributed by atoms with Gasteiger partial charge in [0.25, 0.3) is 5.91 Å². The Morgan fingerprint density at radius 2 is 1.09 bits per heavy atom. The second-order valence-corrected chi connectivity index (χ2v) is 12.2. The lowest BCUT2D eigenvalue weighted by Gasteiger charge is -2.29. The quantitative estimate of drug-likeness (QED) is 0.152. The number of carbonyl (C=O) groups is 2. The maximum atomic E-state index is 13.8. The van der Waals surface area contributed by atoms with E-state index < -0.39 is 54.4 Å². The minimum atomic E-state index is -1.46. The topological polar surface area (TPSA) is 137 Å². The van der Waals surface area contributed by atoms with Crippen LogP contribution in [-0.4, -0.2) is 57.7 Å². The van der Waals surface area contributed by atoms with E-state index in [1.165, 1.54) is 0 Å². The summed E-state index contributed by atoms with van der Waals surface area (Å²) in [5, 5.41) is 39.0. The van der Waals surface area contributed by atoms with Crippen LogP contribution in [0.2, 0.25) is 0 Å². The Bertz CT molecular complexity index is 1650. The summed E-state index contributed by atoms with van der Waals surface area (Å²) in [6, 6.07) is 32.3. The van der Waals surface area contributed by atoms with Gasteiger partial charge in [-0.2, -0.15) is 0 Å². The number of aliphatic hydroxyl groups excluding tert-OH is 3. The molecule has 244 valence electrons. The number of hydrogen-bond donors (Lipinski definition) is 5. The van der Waals surface area contributed by atoms with Gasteiger partial charge in [-0.15, -0.1) is 0 Å². The van der Waals surface area contributed by atoms with Crippen LogP contribution in [0.1, 0.15) is 51.9 Å². The molecule has 5 N–H and O–H groups in total. The number of carbonyl (C=O) groups excluding carboxylic acids is 2. The fourth-order valence-corrected chi connectivity index (χ4v) is 6.46. The minimum Gasteiger partial charge on any atom is -0.390 e. The molecule has 0 heterocycles. The molecule has 0 aliphatic heterocycles. The molecule has 0 bridgehead atoms. The largest absolute Gasteiger partial charge is 0.390 e. The first-order valence-electron chi connectivity index (χ1n) is 16.0. The van der Waals surface area contributed by atoms with Gasteiger partial charge in [0.2, 0.25) is 5.91 Å². The van der Waals surface area contributed by atoms with E-state index in [2.05, 4.69) is 10.6 Å². The highest BCUT2D eigenvalue weighted by molar-refractivity contribution is 5.83. The summed E-state index contributed by atoms with van der Waals surface area (Å²) in [4.78, 5) is 27.6. The molecule has 9 nitrogen and oxygen atoms in total. The molecule has 9 heteroatoms. The first kappa shape index (κ1) is 32.6. The van der Waals surface area contributed by atoms with Crippen molar-refractivity contribution in [3.8, 4) is 0 Å². The van der Waals surface area contributed by atoms with Crippen LogP contribution in [0.3, 0.4) is 0 Å². The zero-order valence-electron chi connectivity index (χ0n) is 25.9. The summed E-state index contributed by atoms with van der Waals surface area (Å²) in [7, 11) is 0. The smallest absolute Gasteiger partial charge is 0.252 e. The molecule has 0 radical (unpaired) electrons. The molecule has 0 saturated carbocycles. The van der Waals surface area contributed by atoms with Crippen molar-refractivity contribution in [2.24, 2.45) is 0 Å². The van der Waals surface area contributed by atoms with E-state index in [9.17, 15) is 24.9 Å². The van der Waals surface area contributed by atoms with Gasteiger partial charge in [0.15, 0.2) is 6.10 Å². The van der Waals surface area contributed by atoms with Gasteiger partial charge >= 0.3 is 0 Å². The van der Waals surface area contributed by atoms with Crippen LogP contribution in [0.4, 0.5) is 0 Å². The summed E-state index contributed by atoms with van der Waals surface area (Å²) < 4.78 is 12.2. The van der Waals surface area contributed by atoms with Gasteiger partial charge in [0.1, 0.15) is 6.10 Å². The van der Waals surface area contributed by atoms with Crippen LogP contribution in [0.15, 0.2) is 109 Å². The number of hydrogen-bond acceptors (Lipinski definition) is 7. The average Bonchev–Trinajstić information content (AvgIpc) is 3.58. The molecule has 4 aromatic carbocycles. The second-order valence-electron chi connectivity index (χ2n) is 12.2. The van der Waals surface area contributed by atoms with Crippen molar-refractivity contribution >= 4 is 11.8 Å². The van der Waals surface area contributed by atoms with E-state index in [1.54, 1.807) is 0 Å². The highest BCUT2D eigenvalue weighted by Gasteiger charge is 2.39. The van der Waals surface area contributed by atoms with Gasteiger partial charge < -0.3 is 35.4 Å². The van der Waals surface area contributed by atoms with Crippen LogP contribution in [0, 0.1) is 0 Å². The molecule has 7 atom stereocenters. The number of fused-ring (bicyclic) bond motifs is 2. The highest BCUT2D eigenvalue weighted by atomic mass is 16.5. The number of nitrogens with one attached hydrogen (secondary N) is 2. The third-order valence-corrected chi connectivity index (χ3v) is 8.93. The monoisotopic (exact) mass is 636 g/mol. The molecule has 2 amide bonds. The molecule has 47 heavy (non-hydrogen) atoms. The van der Waals surface area contributed by atoms with Crippen LogP contribution >= 0.6 is 0 Å². The number of rotatable bonds is 13.